The Bertz CT molecular complexity index is 1660. The van der Waals surface area contributed by atoms with E-state index in [4.69, 9.17) is 26.2 Å². The number of carbonyl (C=O) groups excluding carboxylic acids is 1. The number of phenols is 1. The molecule has 6 nitrogen and oxygen atoms in total. The molecule has 0 unspecified atom stereocenters. The van der Waals surface area contributed by atoms with Gasteiger partial charge in [-0.25, -0.2) is 0 Å². The Kier molecular flexibility index (Phi) is 7.71. The molecule has 210 valence electrons. The van der Waals surface area contributed by atoms with Crippen molar-refractivity contribution in [2.75, 3.05) is 43.8 Å². The van der Waals surface area contributed by atoms with E-state index in [1.807, 2.05) is 61.5 Å². The third-order valence-electron chi connectivity index (χ3n) is 7.94. The molecule has 1 heterocycles. The maximum absolute atomic E-state index is 13.9. The van der Waals surface area contributed by atoms with Gasteiger partial charge in [-0.1, -0.05) is 42.5 Å². The van der Waals surface area contributed by atoms with Crippen LogP contribution in [0.4, 0.5) is 5.69 Å². The van der Waals surface area contributed by atoms with E-state index in [9.17, 15) is 9.90 Å². The first-order chi connectivity index (χ1) is 20.0. The highest BCUT2D eigenvalue weighted by molar-refractivity contribution is 6.19. The predicted octanol–water partition coefficient (Wildman–Crippen LogP) is 6.32. The number of aliphatic hydroxyl groups is 1. The minimum absolute atomic E-state index is 0.00273. The van der Waals surface area contributed by atoms with Crippen LogP contribution in [0, 0.1) is 6.92 Å². The molecule has 0 bridgehead atoms. The third-order valence-corrected chi connectivity index (χ3v) is 8.31. The molecule has 6 rings (SSSR count). The minimum atomic E-state index is -0.102. The number of amides is 1. The van der Waals surface area contributed by atoms with E-state index in [-0.39, 0.29) is 24.2 Å². The van der Waals surface area contributed by atoms with Gasteiger partial charge in [-0.15, -0.1) is 11.6 Å². The molecule has 0 aromatic heterocycles. The summed E-state index contributed by atoms with van der Waals surface area (Å²) in [6.45, 7) is 3.62. The summed E-state index contributed by atoms with van der Waals surface area (Å²) in [4.78, 5) is 15.7. The van der Waals surface area contributed by atoms with E-state index in [2.05, 4.69) is 12.1 Å². The average Bonchev–Trinajstić information content (AvgIpc) is 3.58. The largest absolute Gasteiger partial charge is 0.507 e. The van der Waals surface area contributed by atoms with Crippen LogP contribution in [0.15, 0.2) is 66.7 Å². The first-order valence-electron chi connectivity index (χ1n) is 13.9. The van der Waals surface area contributed by atoms with Gasteiger partial charge in [0.1, 0.15) is 18.1 Å². The van der Waals surface area contributed by atoms with Crippen molar-refractivity contribution in [2.45, 2.75) is 19.3 Å². The second-order valence-electron chi connectivity index (χ2n) is 10.6. The van der Waals surface area contributed by atoms with Gasteiger partial charge in [-0.2, -0.15) is 0 Å². The number of anilines is 1. The highest BCUT2D eigenvalue weighted by Gasteiger charge is 2.35. The van der Waals surface area contributed by atoms with Crippen LogP contribution in [0.25, 0.3) is 22.4 Å². The van der Waals surface area contributed by atoms with E-state index in [0.717, 1.165) is 56.5 Å². The highest BCUT2D eigenvalue weighted by atomic mass is 35.5. The summed E-state index contributed by atoms with van der Waals surface area (Å²) in [6, 6.07) is 21.4. The lowest BCUT2D eigenvalue weighted by atomic mass is 9.92. The molecule has 4 aromatic rings. The number of rotatable bonds is 9. The van der Waals surface area contributed by atoms with Crippen molar-refractivity contribution in [3.63, 3.8) is 0 Å². The van der Waals surface area contributed by atoms with E-state index >= 15 is 0 Å². The minimum Gasteiger partial charge on any atom is -0.507 e. The normalized spacial score (nSPS) is 15.6. The fourth-order valence-electron chi connectivity index (χ4n) is 6.00. The predicted molar refractivity (Wildman–Crippen MR) is 163 cm³/mol. The highest BCUT2D eigenvalue weighted by Crippen LogP contribution is 2.46. The number of aryl methyl sites for hydroxylation is 1. The zero-order valence-electron chi connectivity index (χ0n) is 22.9. The fourth-order valence-corrected chi connectivity index (χ4v) is 6.25. The maximum Gasteiger partial charge on any atom is 0.258 e. The third kappa shape index (κ3) is 5.19. The molecule has 0 radical (unpaired) electrons. The molecule has 0 saturated carbocycles. The molecular weight excluding hydrogens is 538 g/mol. The Balaban J connectivity index is 1.26. The number of phenolic OH excluding ortho intramolecular Hbond substituents is 1. The van der Waals surface area contributed by atoms with Crippen molar-refractivity contribution >= 4 is 45.6 Å². The number of allylic oxidation sites excluding steroid dienone is 1. The van der Waals surface area contributed by atoms with Gasteiger partial charge in [0.2, 0.25) is 0 Å². The zero-order chi connectivity index (χ0) is 28.5. The molecule has 1 aliphatic heterocycles. The number of fused-ring (bicyclic) bond motifs is 4. The number of ether oxygens (including phenoxy) is 2. The van der Waals surface area contributed by atoms with Gasteiger partial charge >= 0.3 is 0 Å². The lowest BCUT2D eigenvalue weighted by Gasteiger charge is -2.19. The lowest BCUT2D eigenvalue weighted by Crippen LogP contribution is -2.30. The number of aliphatic hydroxyl groups excluding tert-OH is 1. The molecule has 0 saturated heterocycles. The molecule has 41 heavy (non-hydrogen) atoms. The number of hydrogen-bond donors (Lipinski definition) is 2. The summed E-state index contributed by atoms with van der Waals surface area (Å²) >= 11 is 6.42. The van der Waals surface area contributed by atoms with Crippen LogP contribution in [0.3, 0.4) is 0 Å². The second kappa shape index (κ2) is 11.6. The van der Waals surface area contributed by atoms with Crippen LogP contribution in [-0.4, -0.2) is 55.0 Å². The molecule has 7 heteroatoms. The van der Waals surface area contributed by atoms with Crippen LogP contribution in [0.5, 0.6) is 11.5 Å². The number of halogens is 1. The van der Waals surface area contributed by atoms with Crippen molar-refractivity contribution in [3.05, 3.63) is 100 Å². The Hall–Kier alpha value is -3.84. The standard InChI is InChI=1S/C34H32ClNO5/c1-21-4-2-7-29-31(38)18-30-33(32(21)29)27(19-35)20-36(30)34(39)24-9-8-23-14-25(16-26(23)15-24)22-5-3-6-28(17-22)41-13-12-40-11-10-37/h2-9,15-18,27,37-38H,10-14,19-20H2,1H3/t27-/m1/s1. The Morgan fingerprint density at radius 3 is 2.73 bits per heavy atom. The summed E-state index contributed by atoms with van der Waals surface area (Å²) in [7, 11) is 0. The van der Waals surface area contributed by atoms with E-state index in [0.29, 0.717) is 37.8 Å². The van der Waals surface area contributed by atoms with E-state index < -0.39 is 0 Å². The first-order valence-corrected chi connectivity index (χ1v) is 14.4. The van der Waals surface area contributed by atoms with Crippen LogP contribution < -0.4 is 9.64 Å². The van der Waals surface area contributed by atoms with E-state index in [1.54, 1.807) is 11.0 Å². The Morgan fingerprint density at radius 1 is 1.05 bits per heavy atom. The van der Waals surface area contributed by atoms with Gasteiger partial charge in [0, 0.05) is 35.4 Å². The first kappa shape index (κ1) is 27.3. The van der Waals surface area contributed by atoms with Gasteiger partial charge < -0.3 is 24.6 Å². The molecule has 0 fully saturated rings. The Morgan fingerprint density at radius 2 is 1.90 bits per heavy atom. The summed E-state index contributed by atoms with van der Waals surface area (Å²) in [5.41, 5.74) is 7.84. The molecule has 1 amide bonds. The topological polar surface area (TPSA) is 79.2 Å². The molecule has 0 spiro atoms. The molecule has 4 aromatic carbocycles. The number of carbonyl (C=O) groups is 1. The van der Waals surface area contributed by atoms with Crippen molar-refractivity contribution < 1.29 is 24.5 Å². The summed E-state index contributed by atoms with van der Waals surface area (Å²) in [5, 5.41) is 21.4. The smallest absolute Gasteiger partial charge is 0.258 e. The number of alkyl halides is 1. The van der Waals surface area contributed by atoms with Crippen LogP contribution in [-0.2, 0) is 11.2 Å². The van der Waals surface area contributed by atoms with Crippen molar-refractivity contribution in [1.29, 1.82) is 0 Å². The van der Waals surface area contributed by atoms with Crippen molar-refractivity contribution in [3.8, 4) is 11.5 Å². The van der Waals surface area contributed by atoms with Gasteiger partial charge in [-0.3, -0.25) is 4.79 Å². The summed E-state index contributed by atoms with van der Waals surface area (Å²) < 4.78 is 11.1. The van der Waals surface area contributed by atoms with Crippen LogP contribution in [0.1, 0.15) is 44.1 Å². The lowest BCUT2D eigenvalue weighted by molar-refractivity contribution is 0.0705. The second-order valence-corrected chi connectivity index (χ2v) is 10.9. The van der Waals surface area contributed by atoms with Gasteiger partial charge in [-0.05, 0) is 76.4 Å². The van der Waals surface area contributed by atoms with Gasteiger partial charge in [0.05, 0.1) is 25.5 Å². The number of benzene rings is 4. The van der Waals surface area contributed by atoms with Crippen LogP contribution >= 0.6 is 11.6 Å². The van der Waals surface area contributed by atoms with Crippen molar-refractivity contribution in [1.82, 2.24) is 0 Å². The monoisotopic (exact) mass is 569 g/mol. The molecule has 2 aliphatic rings. The summed E-state index contributed by atoms with van der Waals surface area (Å²) in [6.07, 6.45) is 2.91. The Labute approximate surface area is 244 Å². The number of hydrogen-bond acceptors (Lipinski definition) is 5. The number of nitrogens with zero attached hydrogens (tertiary/aromatic N) is 1. The van der Waals surface area contributed by atoms with Gasteiger partial charge in [0.15, 0.2) is 0 Å². The van der Waals surface area contributed by atoms with Gasteiger partial charge in [0.25, 0.3) is 5.91 Å². The molecular formula is C34H32ClNO5. The zero-order valence-corrected chi connectivity index (χ0v) is 23.7. The summed E-state index contributed by atoms with van der Waals surface area (Å²) in [5.74, 6) is 1.20. The fraction of sp³-hybridized carbons (Fsp3) is 0.265. The molecule has 1 atom stereocenters. The SMILES string of the molecule is Cc1cccc2c(O)cc3c(c12)[C@H](CCl)CN3C(=O)c1ccc2c(c1)C=C(c1cccc(OCCOCCO)c1)C2. The van der Waals surface area contributed by atoms with Crippen LogP contribution in [0.2, 0.25) is 0 Å². The average molecular weight is 570 g/mol. The van der Waals surface area contributed by atoms with E-state index in [1.165, 1.54) is 5.56 Å². The quantitative estimate of drug-likeness (QED) is 0.182. The molecule has 2 N–H and O–H groups in total. The van der Waals surface area contributed by atoms with Crippen molar-refractivity contribution in [2.24, 2.45) is 0 Å². The number of aromatic hydroxyl groups is 1. The maximum atomic E-state index is 13.9. The molecule has 1 aliphatic carbocycles.